The van der Waals surface area contributed by atoms with Crippen LogP contribution in [0, 0.1) is 6.92 Å². The number of sulfonamides is 1. The number of aryl methyl sites for hydroxylation is 1. The van der Waals surface area contributed by atoms with Crippen molar-refractivity contribution in [1.29, 1.82) is 0 Å². The molecule has 0 fully saturated rings. The number of ether oxygens (including phenoxy) is 1. The van der Waals surface area contributed by atoms with Crippen LogP contribution in [0.2, 0.25) is 0 Å². The third kappa shape index (κ3) is 3.99. The monoisotopic (exact) mass is 427 g/mol. The number of anilines is 2. The Balaban J connectivity index is 1.89. The summed E-state index contributed by atoms with van der Waals surface area (Å²) in [5, 5.41) is 5.02. The molecule has 2 aromatic rings. The molecule has 1 aliphatic heterocycles. The van der Waals surface area contributed by atoms with Gasteiger partial charge in [-0.05, 0) is 19.1 Å². The van der Waals surface area contributed by atoms with E-state index in [4.69, 9.17) is 4.74 Å². The smallest absolute Gasteiger partial charge is 0.335 e. The first kappa shape index (κ1) is 19.8. The van der Waals surface area contributed by atoms with Crippen LogP contribution in [0.15, 0.2) is 34.1 Å². The van der Waals surface area contributed by atoms with Gasteiger partial charge in [-0.3, -0.25) is 5.32 Å². The molecule has 1 aliphatic rings. The van der Waals surface area contributed by atoms with Crippen molar-refractivity contribution in [2.24, 2.45) is 0 Å². The molecule has 3 rings (SSSR count). The maximum absolute atomic E-state index is 12.7. The highest BCUT2D eigenvalue weighted by molar-refractivity contribution is 7.94. The largest absolute Gasteiger partial charge is 0.481 e. The van der Waals surface area contributed by atoms with Crippen molar-refractivity contribution in [1.82, 2.24) is 14.7 Å². The second-order valence-electron chi connectivity index (χ2n) is 5.81. The molecule has 2 amide bonds. The van der Waals surface area contributed by atoms with Crippen LogP contribution < -0.4 is 20.1 Å². The third-order valence-corrected chi connectivity index (χ3v) is 7.06. The summed E-state index contributed by atoms with van der Waals surface area (Å²) in [4.78, 5) is 19.1. The normalized spacial score (nSPS) is 15.1. The van der Waals surface area contributed by atoms with E-state index in [1.165, 1.54) is 25.3 Å². The molecule has 0 bridgehead atoms. The van der Waals surface area contributed by atoms with Crippen LogP contribution in [-0.4, -0.2) is 52.2 Å². The number of hydrogen-bond donors (Lipinski definition) is 3. The Hall–Kier alpha value is -2.93. The fourth-order valence-corrected chi connectivity index (χ4v) is 5.77. The van der Waals surface area contributed by atoms with Gasteiger partial charge in [0, 0.05) is 18.3 Å². The van der Waals surface area contributed by atoms with Gasteiger partial charge in [0.25, 0.3) is 10.0 Å². The average molecular weight is 427 g/mol. The van der Waals surface area contributed by atoms with Crippen LogP contribution in [0.25, 0.3) is 0 Å². The van der Waals surface area contributed by atoms with Gasteiger partial charge in [-0.1, -0.05) is 6.07 Å². The molecule has 0 saturated carbocycles. The number of rotatable bonds is 4. The highest BCUT2D eigenvalue weighted by atomic mass is 32.2. The molecular formula is C15H17N5O6S2. The molecule has 11 nitrogen and oxygen atoms in total. The van der Waals surface area contributed by atoms with Crippen LogP contribution in [0.4, 0.5) is 16.4 Å². The molecule has 2 heterocycles. The van der Waals surface area contributed by atoms with Crippen molar-refractivity contribution in [3.63, 3.8) is 0 Å². The van der Waals surface area contributed by atoms with Crippen LogP contribution >= 0.6 is 0 Å². The lowest BCUT2D eigenvalue weighted by atomic mass is 10.3. The van der Waals surface area contributed by atoms with Crippen molar-refractivity contribution in [2.75, 3.05) is 30.0 Å². The number of sulfone groups is 1. The molecule has 1 aromatic heterocycles. The van der Waals surface area contributed by atoms with Gasteiger partial charge in [0.05, 0.1) is 18.6 Å². The quantitative estimate of drug-likeness (QED) is 0.632. The van der Waals surface area contributed by atoms with E-state index in [-0.39, 0.29) is 34.7 Å². The van der Waals surface area contributed by atoms with Crippen LogP contribution in [-0.2, 0) is 19.9 Å². The lowest BCUT2D eigenvalue weighted by Gasteiger charge is -2.21. The SMILES string of the molecule is COc1cc(C)nc(NC(=O)NS(=O)(=O)c2cccc3c2S(=O)(=O)CCN3)n1. The number of urea groups is 1. The predicted octanol–water partition coefficient (Wildman–Crippen LogP) is 0.503. The molecule has 0 saturated heterocycles. The number of carbonyl (C=O) groups excluding carboxylic acids is 1. The van der Waals surface area contributed by atoms with E-state index in [1.807, 2.05) is 0 Å². The van der Waals surface area contributed by atoms with E-state index in [0.717, 1.165) is 6.07 Å². The summed E-state index contributed by atoms with van der Waals surface area (Å²) in [7, 11) is -6.93. The number of nitrogens with zero attached hydrogens (tertiary/aromatic N) is 2. The number of hydrogen-bond acceptors (Lipinski definition) is 9. The minimum Gasteiger partial charge on any atom is -0.481 e. The topological polar surface area (TPSA) is 156 Å². The summed E-state index contributed by atoms with van der Waals surface area (Å²) in [6, 6.07) is 4.33. The highest BCUT2D eigenvalue weighted by Crippen LogP contribution is 2.32. The average Bonchev–Trinajstić information content (AvgIpc) is 2.59. The van der Waals surface area contributed by atoms with Crippen molar-refractivity contribution in [2.45, 2.75) is 16.7 Å². The van der Waals surface area contributed by atoms with E-state index < -0.39 is 30.8 Å². The molecule has 0 atom stereocenters. The number of aromatic nitrogens is 2. The Kier molecular flexibility index (Phi) is 5.12. The van der Waals surface area contributed by atoms with Crippen molar-refractivity contribution < 1.29 is 26.4 Å². The van der Waals surface area contributed by atoms with Crippen molar-refractivity contribution >= 4 is 37.5 Å². The van der Waals surface area contributed by atoms with E-state index in [2.05, 4.69) is 20.6 Å². The number of benzene rings is 1. The minimum absolute atomic E-state index is 0.166. The zero-order valence-corrected chi connectivity index (χ0v) is 16.5. The van der Waals surface area contributed by atoms with Gasteiger partial charge >= 0.3 is 6.03 Å². The van der Waals surface area contributed by atoms with E-state index in [0.29, 0.717) is 5.69 Å². The van der Waals surface area contributed by atoms with Gasteiger partial charge in [0.2, 0.25) is 11.8 Å². The lowest BCUT2D eigenvalue weighted by molar-refractivity contribution is 0.256. The zero-order valence-electron chi connectivity index (χ0n) is 14.9. The lowest BCUT2D eigenvalue weighted by Crippen LogP contribution is -2.36. The Morgan fingerprint density at radius 1 is 1.29 bits per heavy atom. The third-order valence-electron chi connectivity index (χ3n) is 3.76. The van der Waals surface area contributed by atoms with Crippen molar-refractivity contribution in [3.05, 3.63) is 30.0 Å². The van der Waals surface area contributed by atoms with Gasteiger partial charge in [-0.25, -0.2) is 31.3 Å². The number of carbonyl (C=O) groups is 1. The number of methoxy groups -OCH3 is 1. The summed E-state index contributed by atoms with van der Waals surface area (Å²) in [6.07, 6.45) is 0. The molecule has 3 N–H and O–H groups in total. The second-order valence-corrected chi connectivity index (χ2v) is 9.51. The van der Waals surface area contributed by atoms with Gasteiger partial charge < -0.3 is 10.1 Å². The maximum atomic E-state index is 12.7. The summed E-state index contributed by atoms with van der Waals surface area (Å²) in [6.45, 7) is 1.80. The summed E-state index contributed by atoms with van der Waals surface area (Å²) >= 11 is 0. The van der Waals surface area contributed by atoms with Gasteiger partial charge in [0.1, 0.15) is 9.79 Å². The minimum atomic E-state index is -4.49. The number of amides is 2. The standard InChI is InChI=1S/C15H17N5O6S2/c1-9-8-12(26-2)18-14(17-9)19-15(21)20-28(24,25)11-5-3-4-10-13(11)27(22,23)7-6-16-10/h3-5,8,16H,6-7H2,1-2H3,(H2,17,18,19,20,21). The van der Waals surface area contributed by atoms with Gasteiger partial charge in [0.15, 0.2) is 9.84 Å². The van der Waals surface area contributed by atoms with E-state index in [1.54, 1.807) is 11.6 Å². The van der Waals surface area contributed by atoms with Crippen LogP contribution in [0.3, 0.4) is 0 Å². The second kappa shape index (κ2) is 7.24. The molecule has 28 heavy (non-hydrogen) atoms. The van der Waals surface area contributed by atoms with Gasteiger partial charge in [-0.2, -0.15) is 4.98 Å². The fourth-order valence-electron chi connectivity index (χ4n) is 2.61. The maximum Gasteiger partial charge on any atom is 0.335 e. The molecular weight excluding hydrogens is 410 g/mol. The predicted molar refractivity (Wildman–Crippen MR) is 99.6 cm³/mol. The molecule has 0 radical (unpaired) electrons. The summed E-state index contributed by atoms with van der Waals surface area (Å²) in [5.41, 5.74) is 0.653. The summed E-state index contributed by atoms with van der Waals surface area (Å²) in [5.74, 6) is -0.246. The first-order chi connectivity index (χ1) is 13.1. The molecule has 0 aliphatic carbocycles. The van der Waals surface area contributed by atoms with Gasteiger partial charge in [-0.15, -0.1) is 0 Å². The van der Waals surface area contributed by atoms with Crippen LogP contribution in [0.5, 0.6) is 5.88 Å². The molecule has 13 heteroatoms. The Labute approximate surface area is 161 Å². The number of fused-ring (bicyclic) bond motifs is 1. The molecule has 150 valence electrons. The van der Waals surface area contributed by atoms with Crippen LogP contribution in [0.1, 0.15) is 5.69 Å². The molecule has 1 aromatic carbocycles. The highest BCUT2D eigenvalue weighted by Gasteiger charge is 2.32. The zero-order chi connectivity index (χ0) is 20.5. The Bertz CT molecular complexity index is 1150. The fraction of sp³-hybridized carbons (Fsp3) is 0.267. The first-order valence-corrected chi connectivity index (χ1v) is 11.1. The van der Waals surface area contributed by atoms with E-state index in [9.17, 15) is 21.6 Å². The number of nitrogens with one attached hydrogen (secondary N) is 3. The Morgan fingerprint density at radius 3 is 2.75 bits per heavy atom. The molecule has 0 spiro atoms. The summed E-state index contributed by atoms with van der Waals surface area (Å²) < 4.78 is 56.8. The molecule has 0 unspecified atom stereocenters. The van der Waals surface area contributed by atoms with Crippen molar-refractivity contribution in [3.8, 4) is 5.88 Å². The van der Waals surface area contributed by atoms with E-state index >= 15 is 0 Å². The first-order valence-electron chi connectivity index (χ1n) is 7.95. The Morgan fingerprint density at radius 2 is 2.04 bits per heavy atom.